The summed E-state index contributed by atoms with van der Waals surface area (Å²) in [6.45, 7) is 8.28. The van der Waals surface area contributed by atoms with E-state index in [1.165, 1.54) is 11.1 Å². The second-order valence-corrected chi connectivity index (χ2v) is 5.23. The molecule has 0 atom stereocenters. The summed E-state index contributed by atoms with van der Waals surface area (Å²) in [5.74, 6) is 0. The normalized spacial score (nSPS) is 11.8. The maximum atomic E-state index is 5.91. The molecule has 2 heteroatoms. The maximum absolute atomic E-state index is 5.91. The number of hydrogen-bond acceptors (Lipinski definition) is 2. The van der Waals surface area contributed by atoms with Crippen LogP contribution >= 0.6 is 0 Å². The third-order valence-electron chi connectivity index (χ3n) is 2.62. The fraction of sp³-hybridized carbons (Fsp3) is 0.571. The first kappa shape index (κ1) is 13.2. The van der Waals surface area contributed by atoms with Gasteiger partial charge in [-0.15, -0.1) is 0 Å². The van der Waals surface area contributed by atoms with Crippen LogP contribution in [0, 0.1) is 6.92 Å². The van der Waals surface area contributed by atoms with Crippen molar-refractivity contribution in [2.24, 2.45) is 5.73 Å². The lowest BCUT2D eigenvalue weighted by Gasteiger charge is -2.18. The molecule has 16 heavy (non-hydrogen) atoms. The molecule has 0 radical (unpaired) electrons. The van der Waals surface area contributed by atoms with E-state index in [1.807, 2.05) is 0 Å². The van der Waals surface area contributed by atoms with Crippen molar-refractivity contribution in [3.8, 4) is 0 Å². The van der Waals surface area contributed by atoms with Crippen molar-refractivity contribution >= 4 is 0 Å². The lowest BCUT2D eigenvalue weighted by Crippen LogP contribution is -2.36. The smallest absolute Gasteiger partial charge is 0.0109 e. The SMILES string of the molecule is Cc1cccc(CCNCCC(C)(C)N)c1. The minimum Gasteiger partial charge on any atom is -0.326 e. The van der Waals surface area contributed by atoms with E-state index in [-0.39, 0.29) is 5.54 Å². The number of hydrogen-bond donors (Lipinski definition) is 2. The second-order valence-electron chi connectivity index (χ2n) is 5.23. The first-order valence-corrected chi connectivity index (χ1v) is 6.02. The minimum atomic E-state index is -0.0592. The van der Waals surface area contributed by atoms with E-state index in [0.29, 0.717) is 0 Å². The monoisotopic (exact) mass is 220 g/mol. The van der Waals surface area contributed by atoms with Crippen LogP contribution in [0.3, 0.4) is 0 Å². The van der Waals surface area contributed by atoms with Gasteiger partial charge in [-0.3, -0.25) is 0 Å². The van der Waals surface area contributed by atoms with Crippen molar-refractivity contribution in [1.29, 1.82) is 0 Å². The molecule has 0 saturated carbocycles. The molecule has 0 aliphatic rings. The highest BCUT2D eigenvalue weighted by atomic mass is 14.9. The van der Waals surface area contributed by atoms with E-state index in [0.717, 1.165) is 25.9 Å². The quantitative estimate of drug-likeness (QED) is 0.722. The zero-order valence-electron chi connectivity index (χ0n) is 10.7. The Labute approximate surface area is 99.2 Å². The molecule has 0 amide bonds. The van der Waals surface area contributed by atoms with Crippen LogP contribution in [0.4, 0.5) is 0 Å². The van der Waals surface area contributed by atoms with Crippen LogP contribution in [0.15, 0.2) is 24.3 Å². The molecule has 3 N–H and O–H groups in total. The Morgan fingerprint density at radius 1 is 1.25 bits per heavy atom. The second kappa shape index (κ2) is 6.02. The van der Waals surface area contributed by atoms with Crippen LogP contribution in [-0.4, -0.2) is 18.6 Å². The van der Waals surface area contributed by atoms with Crippen LogP contribution in [0.5, 0.6) is 0 Å². The van der Waals surface area contributed by atoms with Gasteiger partial charge in [-0.1, -0.05) is 29.8 Å². The summed E-state index contributed by atoms with van der Waals surface area (Å²) in [5, 5.41) is 3.43. The van der Waals surface area contributed by atoms with Gasteiger partial charge in [0.1, 0.15) is 0 Å². The highest BCUT2D eigenvalue weighted by molar-refractivity contribution is 5.22. The average molecular weight is 220 g/mol. The molecule has 0 heterocycles. The van der Waals surface area contributed by atoms with Crippen molar-refractivity contribution in [3.63, 3.8) is 0 Å². The Morgan fingerprint density at radius 3 is 2.62 bits per heavy atom. The molecule has 1 aromatic rings. The molecule has 0 saturated heterocycles. The summed E-state index contributed by atoms with van der Waals surface area (Å²) in [4.78, 5) is 0. The third kappa shape index (κ3) is 5.89. The minimum absolute atomic E-state index is 0.0592. The molecule has 0 bridgehead atoms. The molecule has 1 rings (SSSR count). The number of aryl methyl sites for hydroxylation is 1. The van der Waals surface area contributed by atoms with E-state index in [2.05, 4.69) is 50.4 Å². The zero-order valence-corrected chi connectivity index (χ0v) is 10.7. The summed E-state index contributed by atoms with van der Waals surface area (Å²) >= 11 is 0. The first-order chi connectivity index (χ1) is 7.47. The topological polar surface area (TPSA) is 38.0 Å². The van der Waals surface area contributed by atoms with E-state index in [4.69, 9.17) is 5.73 Å². The highest BCUT2D eigenvalue weighted by Crippen LogP contribution is 2.04. The largest absolute Gasteiger partial charge is 0.326 e. The van der Waals surface area contributed by atoms with Gasteiger partial charge in [0.15, 0.2) is 0 Å². The highest BCUT2D eigenvalue weighted by Gasteiger charge is 2.08. The Kier molecular flexibility index (Phi) is 4.97. The summed E-state index contributed by atoms with van der Waals surface area (Å²) in [5.41, 5.74) is 8.59. The van der Waals surface area contributed by atoms with Crippen LogP contribution in [0.25, 0.3) is 0 Å². The van der Waals surface area contributed by atoms with Crippen LogP contribution in [0.2, 0.25) is 0 Å². The lowest BCUT2D eigenvalue weighted by atomic mass is 10.0. The fourth-order valence-corrected chi connectivity index (χ4v) is 1.64. The van der Waals surface area contributed by atoms with Crippen molar-refractivity contribution in [3.05, 3.63) is 35.4 Å². The molecule has 0 aliphatic carbocycles. The molecule has 0 spiro atoms. The Hall–Kier alpha value is -0.860. The molecule has 1 aromatic carbocycles. The van der Waals surface area contributed by atoms with Gasteiger partial charge in [-0.05, 0) is 52.3 Å². The average Bonchev–Trinajstić information content (AvgIpc) is 2.15. The molecular weight excluding hydrogens is 196 g/mol. The summed E-state index contributed by atoms with van der Waals surface area (Å²) in [6.07, 6.45) is 2.10. The van der Waals surface area contributed by atoms with Gasteiger partial charge in [0.2, 0.25) is 0 Å². The van der Waals surface area contributed by atoms with Crippen LogP contribution < -0.4 is 11.1 Å². The number of benzene rings is 1. The van der Waals surface area contributed by atoms with Crippen molar-refractivity contribution in [2.75, 3.05) is 13.1 Å². The standard InChI is InChI=1S/C14H24N2/c1-12-5-4-6-13(11-12)7-9-16-10-8-14(2,3)15/h4-6,11,16H,7-10,15H2,1-3H3. The van der Waals surface area contributed by atoms with Crippen molar-refractivity contribution in [2.45, 2.75) is 39.2 Å². The van der Waals surface area contributed by atoms with Gasteiger partial charge >= 0.3 is 0 Å². The fourth-order valence-electron chi connectivity index (χ4n) is 1.64. The van der Waals surface area contributed by atoms with E-state index in [1.54, 1.807) is 0 Å². The first-order valence-electron chi connectivity index (χ1n) is 6.02. The van der Waals surface area contributed by atoms with Gasteiger partial charge in [-0.2, -0.15) is 0 Å². The summed E-state index contributed by atoms with van der Waals surface area (Å²) in [6, 6.07) is 8.68. The van der Waals surface area contributed by atoms with Gasteiger partial charge in [-0.25, -0.2) is 0 Å². The Morgan fingerprint density at radius 2 is 2.00 bits per heavy atom. The van der Waals surface area contributed by atoms with E-state index < -0.39 is 0 Å². The molecule has 0 unspecified atom stereocenters. The molecule has 0 aliphatic heterocycles. The van der Waals surface area contributed by atoms with Gasteiger partial charge in [0.05, 0.1) is 0 Å². The van der Waals surface area contributed by atoms with Crippen LogP contribution in [0.1, 0.15) is 31.4 Å². The third-order valence-corrected chi connectivity index (χ3v) is 2.62. The zero-order chi connectivity index (χ0) is 12.0. The van der Waals surface area contributed by atoms with Gasteiger partial charge in [0, 0.05) is 5.54 Å². The van der Waals surface area contributed by atoms with Gasteiger partial charge in [0.25, 0.3) is 0 Å². The van der Waals surface area contributed by atoms with Crippen molar-refractivity contribution in [1.82, 2.24) is 5.32 Å². The molecular formula is C14H24N2. The summed E-state index contributed by atoms with van der Waals surface area (Å²) in [7, 11) is 0. The van der Waals surface area contributed by atoms with E-state index >= 15 is 0 Å². The predicted octanol–water partition coefficient (Wildman–Crippen LogP) is 2.25. The van der Waals surface area contributed by atoms with Crippen LogP contribution in [-0.2, 0) is 6.42 Å². The van der Waals surface area contributed by atoms with E-state index in [9.17, 15) is 0 Å². The number of nitrogens with two attached hydrogens (primary N) is 1. The van der Waals surface area contributed by atoms with Crippen molar-refractivity contribution < 1.29 is 0 Å². The Balaban J connectivity index is 2.17. The lowest BCUT2D eigenvalue weighted by molar-refractivity contribution is 0.456. The Bertz CT molecular complexity index is 313. The predicted molar refractivity (Wildman–Crippen MR) is 70.6 cm³/mol. The molecule has 2 nitrogen and oxygen atoms in total. The number of nitrogens with one attached hydrogen (secondary N) is 1. The summed E-state index contributed by atoms with van der Waals surface area (Å²) < 4.78 is 0. The number of rotatable bonds is 6. The molecule has 90 valence electrons. The van der Waals surface area contributed by atoms with Gasteiger partial charge < -0.3 is 11.1 Å². The molecule has 0 fully saturated rings. The molecule has 0 aromatic heterocycles. The maximum Gasteiger partial charge on any atom is 0.0109 e.